The van der Waals surface area contributed by atoms with Crippen LogP contribution in [-0.2, 0) is 4.74 Å². The molecule has 0 aromatic heterocycles. The van der Waals surface area contributed by atoms with Crippen LogP contribution in [0.4, 0.5) is 0 Å². The first-order chi connectivity index (χ1) is 8.16. The molecule has 0 bridgehead atoms. The molecule has 1 aromatic carbocycles. The molecule has 0 aliphatic carbocycles. The largest absolute Gasteiger partial charge is 0.491 e. The average Bonchev–Trinajstić information content (AvgIpc) is 2.82. The number of alkyl halides is 1. The van der Waals surface area contributed by atoms with Gasteiger partial charge in [0.2, 0.25) is 0 Å². The van der Waals surface area contributed by atoms with Crippen LogP contribution in [0.5, 0.6) is 5.75 Å². The smallest absolute Gasteiger partial charge is 0.119 e. The number of benzene rings is 1. The van der Waals surface area contributed by atoms with Crippen LogP contribution < -0.4 is 4.74 Å². The molecule has 0 saturated carbocycles. The monoisotopic (exact) mass is 254 g/mol. The van der Waals surface area contributed by atoms with Crippen LogP contribution in [0.15, 0.2) is 24.3 Å². The third-order valence-electron chi connectivity index (χ3n) is 2.95. The molecule has 2 atom stereocenters. The van der Waals surface area contributed by atoms with E-state index < -0.39 is 0 Å². The van der Waals surface area contributed by atoms with Gasteiger partial charge >= 0.3 is 0 Å². The van der Waals surface area contributed by atoms with Crippen molar-refractivity contribution in [3.05, 3.63) is 29.8 Å². The quantitative estimate of drug-likeness (QED) is 0.761. The molecule has 0 N–H and O–H groups in total. The molecule has 2 rings (SSSR count). The van der Waals surface area contributed by atoms with E-state index in [1.165, 1.54) is 0 Å². The molecule has 2 unspecified atom stereocenters. The van der Waals surface area contributed by atoms with Crippen LogP contribution in [0.25, 0.3) is 0 Å². The van der Waals surface area contributed by atoms with E-state index >= 15 is 0 Å². The van der Waals surface area contributed by atoms with E-state index in [0.29, 0.717) is 5.92 Å². The maximum absolute atomic E-state index is 6.45. The van der Waals surface area contributed by atoms with Crippen molar-refractivity contribution >= 4 is 11.6 Å². The molecule has 1 aromatic rings. The van der Waals surface area contributed by atoms with Crippen LogP contribution in [0.2, 0.25) is 0 Å². The number of rotatable bonds is 4. The van der Waals surface area contributed by atoms with Crippen LogP contribution >= 0.6 is 11.6 Å². The minimum Gasteiger partial charge on any atom is -0.491 e. The van der Waals surface area contributed by atoms with Gasteiger partial charge in [0.1, 0.15) is 5.75 Å². The van der Waals surface area contributed by atoms with Crippen molar-refractivity contribution < 1.29 is 9.47 Å². The molecule has 94 valence electrons. The molecular formula is C14H19ClO2. The van der Waals surface area contributed by atoms with Crippen molar-refractivity contribution in [2.75, 3.05) is 13.2 Å². The van der Waals surface area contributed by atoms with Gasteiger partial charge < -0.3 is 9.47 Å². The third kappa shape index (κ3) is 3.36. The Labute approximate surface area is 108 Å². The van der Waals surface area contributed by atoms with Gasteiger partial charge in [-0.3, -0.25) is 0 Å². The Hall–Kier alpha value is -0.730. The Bertz CT molecular complexity index is 342. The molecular weight excluding hydrogens is 236 g/mol. The van der Waals surface area contributed by atoms with Gasteiger partial charge in [-0.2, -0.15) is 0 Å². The number of hydrogen-bond donors (Lipinski definition) is 0. The standard InChI is InChI=1S/C14H19ClO2/c1-10(2)17-13-5-3-11(4-6-13)14(15)12-7-8-16-9-12/h3-6,10,12,14H,7-9H2,1-2H3. The molecule has 17 heavy (non-hydrogen) atoms. The van der Waals surface area contributed by atoms with E-state index in [1.54, 1.807) is 0 Å². The van der Waals surface area contributed by atoms with Crippen LogP contribution in [0.3, 0.4) is 0 Å². The summed E-state index contributed by atoms with van der Waals surface area (Å²) in [6.07, 6.45) is 1.26. The molecule has 3 heteroatoms. The van der Waals surface area contributed by atoms with E-state index in [9.17, 15) is 0 Å². The lowest BCUT2D eigenvalue weighted by molar-refractivity contribution is 0.185. The maximum atomic E-state index is 6.45. The topological polar surface area (TPSA) is 18.5 Å². The Morgan fingerprint density at radius 2 is 2.00 bits per heavy atom. The Kier molecular flexibility index (Phi) is 4.30. The van der Waals surface area contributed by atoms with Gasteiger partial charge in [0.05, 0.1) is 18.1 Å². The number of hydrogen-bond acceptors (Lipinski definition) is 2. The highest BCUT2D eigenvalue weighted by Gasteiger charge is 2.25. The van der Waals surface area contributed by atoms with Crippen molar-refractivity contribution in [2.45, 2.75) is 31.7 Å². The summed E-state index contributed by atoms with van der Waals surface area (Å²) in [5.74, 6) is 1.34. The third-order valence-corrected chi connectivity index (χ3v) is 3.56. The highest BCUT2D eigenvalue weighted by Crippen LogP contribution is 2.34. The highest BCUT2D eigenvalue weighted by atomic mass is 35.5. The van der Waals surface area contributed by atoms with E-state index in [-0.39, 0.29) is 11.5 Å². The second kappa shape index (κ2) is 5.74. The maximum Gasteiger partial charge on any atom is 0.119 e. The Morgan fingerprint density at radius 3 is 2.53 bits per heavy atom. The zero-order valence-corrected chi connectivity index (χ0v) is 11.1. The van der Waals surface area contributed by atoms with Crippen molar-refractivity contribution in [1.29, 1.82) is 0 Å². The fourth-order valence-corrected chi connectivity index (χ4v) is 2.40. The normalized spacial score (nSPS) is 21.8. The first-order valence-corrected chi connectivity index (χ1v) is 6.59. The fourth-order valence-electron chi connectivity index (χ4n) is 2.06. The highest BCUT2D eigenvalue weighted by molar-refractivity contribution is 6.21. The van der Waals surface area contributed by atoms with E-state index in [0.717, 1.165) is 30.9 Å². The minimum absolute atomic E-state index is 0.0469. The zero-order chi connectivity index (χ0) is 12.3. The fraction of sp³-hybridized carbons (Fsp3) is 0.571. The lowest BCUT2D eigenvalue weighted by Crippen LogP contribution is -2.08. The predicted molar refractivity (Wildman–Crippen MR) is 69.7 cm³/mol. The summed E-state index contributed by atoms with van der Waals surface area (Å²) < 4.78 is 11.0. The first-order valence-electron chi connectivity index (χ1n) is 6.15. The molecule has 1 fully saturated rings. The molecule has 1 saturated heterocycles. The lowest BCUT2D eigenvalue weighted by atomic mass is 9.98. The average molecular weight is 255 g/mol. The predicted octanol–water partition coefficient (Wildman–Crippen LogP) is 3.79. The van der Waals surface area contributed by atoms with E-state index in [2.05, 4.69) is 0 Å². The second-order valence-electron chi connectivity index (χ2n) is 4.76. The van der Waals surface area contributed by atoms with Gasteiger partial charge in [0.25, 0.3) is 0 Å². The zero-order valence-electron chi connectivity index (χ0n) is 10.4. The van der Waals surface area contributed by atoms with Gasteiger partial charge in [0.15, 0.2) is 0 Å². The van der Waals surface area contributed by atoms with Crippen molar-refractivity contribution in [1.82, 2.24) is 0 Å². The second-order valence-corrected chi connectivity index (χ2v) is 5.23. The molecule has 1 aliphatic heterocycles. The van der Waals surface area contributed by atoms with Gasteiger partial charge in [-0.05, 0) is 38.0 Å². The van der Waals surface area contributed by atoms with Gasteiger partial charge in [-0.15, -0.1) is 11.6 Å². The van der Waals surface area contributed by atoms with E-state index in [1.807, 2.05) is 38.1 Å². The van der Waals surface area contributed by atoms with Gasteiger partial charge in [-0.25, -0.2) is 0 Å². The van der Waals surface area contributed by atoms with Crippen LogP contribution in [0, 0.1) is 5.92 Å². The van der Waals surface area contributed by atoms with Gasteiger partial charge in [-0.1, -0.05) is 12.1 Å². The molecule has 0 amide bonds. The summed E-state index contributed by atoms with van der Waals surface area (Å²) in [5, 5.41) is 0.0469. The van der Waals surface area contributed by atoms with Crippen LogP contribution in [0.1, 0.15) is 31.2 Å². The summed E-state index contributed by atoms with van der Waals surface area (Å²) in [7, 11) is 0. The summed E-state index contributed by atoms with van der Waals surface area (Å²) in [6, 6.07) is 8.07. The van der Waals surface area contributed by atoms with Crippen LogP contribution in [-0.4, -0.2) is 19.3 Å². The van der Waals surface area contributed by atoms with E-state index in [4.69, 9.17) is 21.1 Å². The summed E-state index contributed by atoms with van der Waals surface area (Å²) in [4.78, 5) is 0. The lowest BCUT2D eigenvalue weighted by Gasteiger charge is -2.16. The van der Waals surface area contributed by atoms with Crippen molar-refractivity contribution in [3.63, 3.8) is 0 Å². The Balaban J connectivity index is 2.01. The van der Waals surface area contributed by atoms with Crippen molar-refractivity contribution in [3.8, 4) is 5.75 Å². The number of halogens is 1. The Morgan fingerprint density at radius 1 is 1.29 bits per heavy atom. The van der Waals surface area contributed by atoms with Gasteiger partial charge in [0, 0.05) is 12.5 Å². The molecule has 0 spiro atoms. The first kappa shape index (κ1) is 12.7. The molecule has 2 nitrogen and oxygen atoms in total. The minimum atomic E-state index is 0.0469. The summed E-state index contributed by atoms with van der Waals surface area (Å²) in [5.41, 5.74) is 1.15. The molecule has 0 radical (unpaired) electrons. The summed E-state index contributed by atoms with van der Waals surface area (Å²) in [6.45, 7) is 5.66. The number of ether oxygens (including phenoxy) is 2. The van der Waals surface area contributed by atoms with Crippen molar-refractivity contribution in [2.24, 2.45) is 5.92 Å². The molecule has 1 aliphatic rings. The SMILES string of the molecule is CC(C)Oc1ccc(C(Cl)C2CCOC2)cc1. The molecule has 1 heterocycles. The summed E-state index contributed by atoms with van der Waals surface area (Å²) >= 11 is 6.45.